The van der Waals surface area contributed by atoms with E-state index in [1.54, 1.807) is 42.7 Å². The van der Waals surface area contributed by atoms with Crippen LogP contribution in [0, 0.1) is 11.8 Å². The summed E-state index contributed by atoms with van der Waals surface area (Å²) in [5.41, 5.74) is 0. The highest BCUT2D eigenvalue weighted by atomic mass is 28.4. The molecule has 0 radical (unpaired) electrons. The van der Waals surface area contributed by atoms with Crippen LogP contribution in [0.15, 0.2) is 0 Å². The molecule has 0 aromatic heterocycles. The summed E-state index contributed by atoms with van der Waals surface area (Å²) in [7, 11) is 5.21. The summed E-state index contributed by atoms with van der Waals surface area (Å²) >= 11 is 0. The molecule has 0 aliphatic heterocycles. The van der Waals surface area contributed by atoms with Crippen LogP contribution in [0.25, 0.3) is 0 Å². The molecule has 1 rings (SSSR count). The van der Waals surface area contributed by atoms with Crippen molar-refractivity contribution in [2.24, 2.45) is 11.8 Å². The van der Waals surface area contributed by atoms with Gasteiger partial charge in [-0.25, -0.2) is 0 Å². The van der Waals surface area contributed by atoms with Crippen molar-refractivity contribution in [3.05, 3.63) is 0 Å². The van der Waals surface area contributed by atoms with Gasteiger partial charge in [-0.2, -0.15) is 0 Å². The lowest BCUT2D eigenvalue weighted by molar-refractivity contribution is 0.122. The van der Waals surface area contributed by atoms with Crippen molar-refractivity contribution < 1.29 is 26.6 Å². The Balaban J connectivity index is 2.07. The third-order valence-electron chi connectivity index (χ3n) is 6.37. The van der Waals surface area contributed by atoms with Gasteiger partial charge in [-0.05, 0) is 76.5 Å². The molecular formula is C20H46N2O6Si2. The van der Waals surface area contributed by atoms with Crippen molar-refractivity contribution in [3.63, 3.8) is 0 Å². The second-order valence-electron chi connectivity index (χ2n) is 8.09. The van der Waals surface area contributed by atoms with Gasteiger partial charge in [0.1, 0.15) is 0 Å². The summed E-state index contributed by atoms with van der Waals surface area (Å²) in [6, 6.07) is 1.70. The first kappa shape index (κ1) is 28.1. The summed E-state index contributed by atoms with van der Waals surface area (Å²) in [6.07, 6.45) is 7.30. The summed E-state index contributed by atoms with van der Waals surface area (Å²) in [5.74, 6) is 1.60. The van der Waals surface area contributed by atoms with Crippen molar-refractivity contribution in [2.75, 3.05) is 68.8 Å². The lowest BCUT2D eigenvalue weighted by atomic mass is 9.82. The van der Waals surface area contributed by atoms with E-state index in [0.717, 1.165) is 62.9 Å². The molecule has 1 fully saturated rings. The highest BCUT2D eigenvalue weighted by Gasteiger charge is 2.37. The second-order valence-corrected chi connectivity index (χ2v) is 14.3. The Morgan fingerprint density at radius 3 is 1.13 bits per heavy atom. The quantitative estimate of drug-likeness (QED) is 0.236. The van der Waals surface area contributed by atoms with Crippen LogP contribution in [-0.4, -0.2) is 86.4 Å². The molecule has 0 aromatic rings. The summed E-state index contributed by atoms with van der Waals surface area (Å²) in [4.78, 5) is 0. The SMILES string of the molecule is CO[Si](CCCNCC1CCC(CNCCC[Si](OC)(OC)OC)CC1)(OC)OC. The van der Waals surface area contributed by atoms with Gasteiger partial charge in [-0.3, -0.25) is 0 Å². The van der Waals surface area contributed by atoms with Gasteiger partial charge in [0.15, 0.2) is 0 Å². The van der Waals surface area contributed by atoms with Crippen molar-refractivity contribution in [3.8, 4) is 0 Å². The standard InChI is InChI=1S/C20H46N2O6Si2/c1-23-29(24-2,25-3)15-7-13-21-17-19-9-11-20(12-10-19)18-22-14-8-16-30(26-4,27-5)28-6/h19-22H,7-18H2,1-6H3. The molecule has 180 valence electrons. The van der Waals surface area contributed by atoms with Gasteiger partial charge in [0.2, 0.25) is 0 Å². The molecule has 30 heavy (non-hydrogen) atoms. The normalized spacial score (nSPS) is 20.6. The fourth-order valence-corrected chi connectivity index (χ4v) is 7.67. The minimum atomic E-state index is -2.42. The van der Waals surface area contributed by atoms with Gasteiger partial charge in [0.05, 0.1) is 0 Å². The Kier molecular flexibility index (Phi) is 14.9. The highest BCUT2D eigenvalue weighted by molar-refractivity contribution is 6.60. The van der Waals surface area contributed by atoms with E-state index < -0.39 is 17.6 Å². The van der Waals surface area contributed by atoms with Crippen molar-refractivity contribution in [2.45, 2.75) is 50.6 Å². The first-order chi connectivity index (χ1) is 14.5. The van der Waals surface area contributed by atoms with Crippen LogP contribution >= 0.6 is 0 Å². The molecule has 0 unspecified atom stereocenters. The first-order valence-electron chi connectivity index (χ1n) is 11.2. The molecule has 1 saturated carbocycles. The molecule has 0 amide bonds. The fraction of sp³-hybridized carbons (Fsp3) is 1.00. The minimum absolute atomic E-state index is 0.798. The van der Waals surface area contributed by atoms with Crippen molar-refractivity contribution >= 4 is 17.6 Å². The highest BCUT2D eigenvalue weighted by Crippen LogP contribution is 2.28. The second kappa shape index (κ2) is 15.8. The average molecular weight is 467 g/mol. The van der Waals surface area contributed by atoms with Crippen LogP contribution in [-0.2, 0) is 26.6 Å². The molecule has 8 nitrogen and oxygen atoms in total. The van der Waals surface area contributed by atoms with E-state index in [9.17, 15) is 0 Å². The molecule has 0 heterocycles. The van der Waals surface area contributed by atoms with Gasteiger partial charge in [0, 0.05) is 54.7 Å². The Hall–Kier alpha value is 0.114. The molecule has 0 saturated heterocycles. The van der Waals surface area contributed by atoms with Crippen LogP contribution in [0.2, 0.25) is 12.1 Å². The van der Waals surface area contributed by atoms with E-state index in [1.165, 1.54) is 25.7 Å². The predicted octanol–water partition coefficient (Wildman–Crippen LogP) is 2.51. The summed E-state index contributed by atoms with van der Waals surface area (Å²) in [5, 5.41) is 7.23. The molecule has 1 aliphatic rings. The Labute approximate surface area is 186 Å². The zero-order valence-corrected chi connectivity index (χ0v) is 22.1. The van der Waals surface area contributed by atoms with E-state index in [1.807, 2.05) is 0 Å². The van der Waals surface area contributed by atoms with Gasteiger partial charge in [-0.15, -0.1) is 0 Å². The number of hydrogen-bond acceptors (Lipinski definition) is 8. The van der Waals surface area contributed by atoms with E-state index in [2.05, 4.69) is 10.6 Å². The van der Waals surface area contributed by atoms with Crippen LogP contribution in [0.4, 0.5) is 0 Å². The fourth-order valence-electron chi connectivity index (χ4n) is 4.22. The van der Waals surface area contributed by atoms with E-state index >= 15 is 0 Å². The molecule has 2 N–H and O–H groups in total. The Morgan fingerprint density at radius 2 is 0.867 bits per heavy atom. The molecule has 10 heteroatoms. The third kappa shape index (κ3) is 9.72. The first-order valence-corrected chi connectivity index (χ1v) is 15.1. The third-order valence-corrected chi connectivity index (χ3v) is 12.0. The van der Waals surface area contributed by atoms with Crippen LogP contribution in [0.5, 0.6) is 0 Å². The van der Waals surface area contributed by atoms with Gasteiger partial charge < -0.3 is 37.2 Å². The molecule has 0 aromatic carbocycles. The van der Waals surface area contributed by atoms with Gasteiger partial charge in [0.25, 0.3) is 0 Å². The maximum atomic E-state index is 5.47. The van der Waals surface area contributed by atoms with E-state index in [4.69, 9.17) is 26.6 Å². The summed E-state index contributed by atoms with van der Waals surface area (Å²) in [6.45, 7) is 4.20. The number of nitrogens with one attached hydrogen (secondary N) is 2. The molecule has 0 spiro atoms. The molecule has 1 aliphatic carbocycles. The topological polar surface area (TPSA) is 79.4 Å². The van der Waals surface area contributed by atoms with Crippen LogP contribution in [0.1, 0.15) is 38.5 Å². The Bertz CT molecular complexity index is 366. The number of rotatable bonds is 18. The Morgan fingerprint density at radius 1 is 0.567 bits per heavy atom. The minimum Gasteiger partial charge on any atom is -0.377 e. The maximum absolute atomic E-state index is 5.47. The van der Waals surface area contributed by atoms with E-state index in [0.29, 0.717) is 0 Å². The monoisotopic (exact) mass is 466 g/mol. The summed E-state index contributed by atoms with van der Waals surface area (Å²) < 4.78 is 32.8. The smallest absolute Gasteiger partial charge is 0.377 e. The van der Waals surface area contributed by atoms with Gasteiger partial charge >= 0.3 is 17.6 Å². The molecule has 0 bridgehead atoms. The van der Waals surface area contributed by atoms with Crippen LogP contribution in [0.3, 0.4) is 0 Å². The average Bonchev–Trinajstić information content (AvgIpc) is 2.80. The van der Waals surface area contributed by atoms with E-state index in [-0.39, 0.29) is 0 Å². The zero-order valence-electron chi connectivity index (χ0n) is 20.1. The number of hydrogen-bond donors (Lipinski definition) is 2. The van der Waals surface area contributed by atoms with Crippen molar-refractivity contribution in [1.29, 1.82) is 0 Å². The van der Waals surface area contributed by atoms with Crippen molar-refractivity contribution in [1.82, 2.24) is 10.6 Å². The molecular weight excluding hydrogens is 420 g/mol. The van der Waals surface area contributed by atoms with Crippen LogP contribution < -0.4 is 10.6 Å². The largest absolute Gasteiger partial charge is 0.500 e. The lowest BCUT2D eigenvalue weighted by Crippen LogP contribution is -2.43. The predicted molar refractivity (Wildman–Crippen MR) is 124 cm³/mol. The maximum Gasteiger partial charge on any atom is 0.500 e. The lowest BCUT2D eigenvalue weighted by Gasteiger charge is -2.29. The zero-order chi connectivity index (χ0) is 22.3. The van der Waals surface area contributed by atoms with Gasteiger partial charge in [-0.1, -0.05) is 0 Å². The molecule has 0 atom stereocenters.